The van der Waals surface area contributed by atoms with Crippen LogP contribution in [0.4, 0.5) is 22.7 Å². The smallest absolute Gasteiger partial charge is 0.550 e. The van der Waals surface area contributed by atoms with Gasteiger partial charge in [-0.1, -0.05) is 107 Å². The van der Waals surface area contributed by atoms with Gasteiger partial charge in [-0.05, 0) is 47.5 Å². The molecule has 0 saturated heterocycles. The van der Waals surface area contributed by atoms with Crippen molar-refractivity contribution in [3.63, 3.8) is 0 Å². The van der Waals surface area contributed by atoms with Gasteiger partial charge < -0.3 is 29.6 Å². The zero-order valence-corrected chi connectivity index (χ0v) is 29.5. The predicted molar refractivity (Wildman–Crippen MR) is 183 cm³/mol. The van der Waals surface area contributed by atoms with E-state index in [-0.39, 0.29) is 50.6 Å². The van der Waals surface area contributed by atoms with Crippen LogP contribution in [0.2, 0.25) is 20.1 Å². The number of carboxylic acid groups (broad SMARTS) is 2. The molecule has 228 valence electrons. The first-order chi connectivity index (χ1) is 21.1. The zero-order valence-electron chi connectivity index (χ0n) is 24.2. The number of carbonyl (C=O) groups is 2. The SMILES string of the molecule is C=CCN(c1ccccc1CC(=O)[O-])c1c(Cl)cccc1Cl.C=CCN(c1ccccc1CC(=O)[O-])c1c(Cl)cccc1Cl.[Ca+2]. The molecule has 0 spiro atoms. The Labute approximate surface area is 313 Å². The maximum atomic E-state index is 11.0. The molecule has 4 aromatic carbocycles. The fourth-order valence-electron chi connectivity index (χ4n) is 4.53. The van der Waals surface area contributed by atoms with E-state index < -0.39 is 11.9 Å². The monoisotopic (exact) mass is 708 g/mol. The summed E-state index contributed by atoms with van der Waals surface area (Å²) < 4.78 is 0. The molecule has 6 nitrogen and oxygen atoms in total. The van der Waals surface area contributed by atoms with Gasteiger partial charge in [0.1, 0.15) is 0 Å². The third-order valence-corrected chi connectivity index (χ3v) is 7.49. The summed E-state index contributed by atoms with van der Waals surface area (Å²) >= 11 is 25.1. The Balaban J connectivity index is 0.000000307. The molecule has 0 amide bonds. The third-order valence-electron chi connectivity index (χ3n) is 6.27. The van der Waals surface area contributed by atoms with E-state index in [1.54, 1.807) is 72.8 Å². The average molecular weight is 710 g/mol. The quantitative estimate of drug-likeness (QED) is 0.118. The summed E-state index contributed by atoms with van der Waals surface area (Å²) in [6, 6.07) is 24.8. The molecule has 0 bridgehead atoms. The minimum Gasteiger partial charge on any atom is -0.550 e. The molecule has 0 radical (unpaired) electrons. The van der Waals surface area contributed by atoms with Crippen LogP contribution in [0.1, 0.15) is 11.1 Å². The van der Waals surface area contributed by atoms with Crippen LogP contribution in [-0.4, -0.2) is 62.8 Å². The Kier molecular flexibility index (Phi) is 16.3. The molecule has 0 fully saturated rings. The van der Waals surface area contributed by atoms with Gasteiger partial charge in [0.25, 0.3) is 0 Å². The first kappa shape index (κ1) is 38.5. The van der Waals surface area contributed by atoms with Crippen LogP contribution in [0.3, 0.4) is 0 Å². The first-order valence-electron chi connectivity index (χ1n) is 13.3. The van der Waals surface area contributed by atoms with Gasteiger partial charge in [-0.25, -0.2) is 0 Å². The Hall–Kier alpha value is -2.68. The van der Waals surface area contributed by atoms with Crippen molar-refractivity contribution in [2.45, 2.75) is 12.8 Å². The van der Waals surface area contributed by atoms with Crippen LogP contribution in [0.15, 0.2) is 110 Å². The molecule has 0 aliphatic heterocycles. The fraction of sp³-hybridized carbons (Fsp3) is 0.118. The van der Waals surface area contributed by atoms with E-state index >= 15 is 0 Å². The van der Waals surface area contributed by atoms with Gasteiger partial charge in [0, 0.05) is 49.2 Å². The average Bonchev–Trinajstić information content (AvgIpc) is 2.96. The van der Waals surface area contributed by atoms with E-state index in [4.69, 9.17) is 46.4 Å². The first-order valence-corrected chi connectivity index (χ1v) is 14.8. The number of carboxylic acids is 2. The Bertz CT molecular complexity index is 1490. The van der Waals surface area contributed by atoms with Gasteiger partial charge in [0.05, 0.1) is 31.5 Å². The standard InChI is InChI=1S/2C17H15Cl2NO2.Ca/c2*1-2-10-20(17-13(18)7-5-8-14(17)19)15-9-4-3-6-12(15)11-16(21)22;/h2*2-9H,1,10-11H2,(H,21,22);/q;;+2/p-2. The number of carbonyl (C=O) groups excluding carboxylic acids is 2. The van der Waals surface area contributed by atoms with E-state index in [1.165, 1.54) is 0 Å². The minimum absolute atomic E-state index is 0. The van der Waals surface area contributed by atoms with E-state index in [0.717, 1.165) is 0 Å². The number of hydrogen-bond donors (Lipinski definition) is 0. The van der Waals surface area contributed by atoms with Crippen molar-refractivity contribution in [3.05, 3.63) is 141 Å². The summed E-state index contributed by atoms with van der Waals surface area (Å²) in [7, 11) is 0. The van der Waals surface area contributed by atoms with Crippen LogP contribution in [-0.2, 0) is 22.4 Å². The predicted octanol–water partition coefficient (Wildman–Crippen LogP) is 6.84. The summed E-state index contributed by atoms with van der Waals surface area (Å²) in [4.78, 5) is 25.6. The van der Waals surface area contributed by atoms with Crippen molar-refractivity contribution in [2.24, 2.45) is 0 Å². The van der Waals surface area contributed by atoms with Gasteiger partial charge in [-0.3, -0.25) is 0 Å². The maximum absolute atomic E-state index is 11.0. The number of para-hydroxylation sites is 4. The van der Waals surface area contributed by atoms with E-state index in [0.29, 0.717) is 67.1 Å². The second kappa shape index (κ2) is 19.1. The topological polar surface area (TPSA) is 86.7 Å². The molecule has 0 unspecified atom stereocenters. The molecule has 4 aromatic rings. The van der Waals surface area contributed by atoms with Crippen molar-refractivity contribution >= 4 is 119 Å². The summed E-state index contributed by atoms with van der Waals surface area (Å²) in [5, 5.41) is 23.9. The molecule has 0 aliphatic rings. The molecule has 0 aliphatic carbocycles. The molecular formula is C34H28CaCl4N2O4. The maximum Gasteiger partial charge on any atom is 2.00 e. The molecule has 0 aromatic heterocycles. The molecule has 45 heavy (non-hydrogen) atoms. The van der Waals surface area contributed by atoms with Crippen molar-refractivity contribution in [1.82, 2.24) is 0 Å². The number of halogens is 4. The van der Waals surface area contributed by atoms with Gasteiger partial charge >= 0.3 is 37.7 Å². The van der Waals surface area contributed by atoms with E-state index in [9.17, 15) is 19.8 Å². The third kappa shape index (κ3) is 10.7. The largest absolute Gasteiger partial charge is 2.00 e. The van der Waals surface area contributed by atoms with Gasteiger partial charge in [0.15, 0.2) is 0 Å². The summed E-state index contributed by atoms with van der Waals surface area (Å²) in [5.41, 5.74) is 3.91. The van der Waals surface area contributed by atoms with Crippen molar-refractivity contribution < 1.29 is 19.8 Å². The second-order valence-corrected chi connectivity index (χ2v) is 10.9. The molecule has 0 saturated carbocycles. The van der Waals surface area contributed by atoms with Crippen LogP contribution in [0, 0.1) is 0 Å². The van der Waals surface area contributed by atoms with Crippen molar-refractivity contribution in [1.29, 1.82) is 0 Å². The summed E-state index contributed by atoms with van der Waals surface area (Å²) in [6.45, 7) is 8.37. The number of nitrogens with zero attached hydrogens (tertiary/aromatic N) is 2. The number of hydrogen-bond acceptors (Lipinski definition) is 6. The van der Waals surface area contributed by atoms with Crippen LogP contribution >= 0.6 is 46.4 Å². The minimum atomic E-state index is -1.14. The Morgan fingerprint density at radius 2 is 0.889 bits per heavy atom. The van der Waals surface area contributed by atoms with E-state index in [1.807, 2.05) is 34.1 Å². The molecule has 0 N–H and O–H groups in total. The van der Waals surface area contributed by atoms with Gasteiger partial charge in [0.2, 0.25) is 0 Å². The normalized spacial score (nSPS) is 10.0. The Morgan fingerprint density at radius 1 is 0.578 bits per heavy atom. The summed E-state index contributed by atoms with van der Waals surface area (Å²) in [6.07, 6.45) is 3.03. The molecular weight excluding hydrogens is 682 g/mol. The number of rotatable bonds is 12. The fourth-order valence-corrected chi connectivity index (χ4v) is 5.73. The van der Waals surface area contributed by atoms with Crippen molar-refractivity contribution in [2.75, 3.05) is 22.9 Å². The molecule has 0 heterocycles. The van der Waals surface area contributed by atoms with Crippen LogP contribution in [0.25, 0.3) is 0 Å². The zero-order chi connectivity index (χ0) is 32.2. The molecule has 11 heteroatoms. The van der Waals surface area contributed by atoms with Crippen LogP contribution in [0.5, 0.6) is 0 Å². The number of aliphatic carboxylic acids is 2. The van der Waals surface area contributed by atoms with E-state index in [2.05, 4.69) is 13.2 Å². The molecule has 4 rings (SSSR count). The second-order valence-electron chi connectivity index (χ2n) is 9.29. The van der Waals surface area contributed by atoms with Crippen LogP contribution < -0.4 is 20.0 Å². The summed E-state index contributed by atoms with van der Waals surface area (Å²) in [5.74, 6) is -2.28. The van der Waals surface area contributed by atoms with Crippen molar-refractivity contribution in [3.8, 4) is 0 Å². The van der Waals surface area contributed by atoms with Gasteiger partial charge in [-0.15, -0.1) is 13.2 Å². The number of anilines is 4. The number of benzene rings is 4. The van der Waals surface area contributed by atoms with Gasteiger partial charge in [-0.2, -0.15) is 0 Å². The molecule has 0 atom stereocenters. The Morgan fingerprint density at radius 3 is 1.18 bits per heavy atom.